The Kier molecular flexibility index (Phi) is 4.75. The van der Waals surface area contributed by atoms with E-state index >= 15 is 0 Å². The lowest BCUT2D eigenvalue weighted by molar-refractivity contribution is 0.116. The lowest BCUT2D eigenvalue weighted by Crippen LogP contribution is -2.34. The van der Waals surface area contributed by atoms with Crippen molar-refractivity contribution >= 4 is 0 Å². The molecular formula is C18H22N4O. The normalized spacial score (nSPS) is 21.1. The summed E-state index contributed by atoms with van der Waals surface area (Å²) in [7, 11) is 1.92. The van der Waals surface area contributed by atoms with Gasteiger partial charge in [0.25, 0.3) is 0 Å². The Hall–Kier alpha value is -2.16. The van der Waals surface area contributed by atoms with Crippen molar-refractivity contribution in [2.45, 2.75) is 44.4 Å². The molecule has 1 heterocycles. The molecule has 0 unspecified atom stereocenters. The molecule has 1 aromatic heterocycles. The largest absolute Gasteiger partial charge is 0.393 e. The molecule has 1 aliphatic rings. The molecule has 0 bridgehead atoms. The summed E-state index contributed by atoms with van der Waals surface area (Å²) < 4.78 is 1.83. The topological polar surface area (TPSA) is 73.9 Å². The van der Waals surface area contributed by atoms with Gasteiger partial charge in [-0.05, 0) is 37.8 Å². The fourth-order valence-electron chi connectivity index (χ4n) is 3.15. The van der Waals surface area contributed by atoms with Gasteiger partial charge >= 0.3 is 0 Å². The van der Waals surface area contributed by atoms with Crippen molar-refractivity contribution in [3.63, 3.8) is 0 Å². The molecule has 2 N–H and O–H groups in total. The molecule has 120 valence electrons. The van der Waals surface area contributed by atoms with Crippen molar-refractivity contribution in [2.75, 3.05) is 0 Å². The van der Waals surface area contributed by atoms with Crippen molar-refractivity contribution in [2.24, 2.45) is 7.05 Å². The van der Waals surface area contributed by atoms with Gasteiger partial charge in [-0.1, -0.05) is 12.1 Å². The van der Waals surface area contributed by atoms with Gasteiger partial charge in [-0.2, -0.15) is 10.4 Å². The second-order valence-electron chi connectivity index (χ2n) is 6.25. The Bertz CT molecular complexity index is 691. The zero-order valence-corrected chi connectivity index (χ0v) is 13.4. The summed E-state index contributed by atoms with van der Waals surface area (Å²) in [5.41, 5.74) is 3.80. The number of aliphatic hydroxyl groups is 1. The number of rotatable bonds is 4. The molecule has 1 fully saturated rings. The van der Waals surface area contributed by atoms with E-state index < -0.39 is 0 Å². The van der Waals surface area contributed by atoms with Crippen LogP contribution in [0.4, 0.5) is 0 Å². The molecule has 1 aromatic carbocycles. The van der Waals surface area contributed by atoms with E-state index in [1.807, 2.05) is 42.2 Å². The fourth-order valence-corrected chi connectivity index (χ4v) is 3.15. The maximum absolute atomic E-state index is 9.59. The summed E-state index contributed by atoms with van der Waals surface area (Å²) in [5.74, 6) is 0. The van der Waals surface area contributed by atoms with Gasteiger partial charge in [0.15, 0.2) is 0 Å². The third-order valence-electron chi connectivity index (χ3n) is 4.47. The first-order valence-electron chi connectivity index (χ1n) is 8.10. The van der Waals surface area contributed by atoms with Gasteiger partial charge < -0.3 is 10.4 Å². The number of aryl methyl sites for hydroxylation is 1. The van der Waals surface area contributed by atoms with E-state index in [4.69, 9.17) is 5.26 Å². The van der Waals surface area contributed by atoms with Crippen LogP contribution in [0.15, 0.2) is 30.5 Å². The Labute approximate surface area is 136 Å². The minimum atomic E-state index is -0.124. The summed E-state index contributed by atoms with van der Waals surface area (Å²) in [6.45, 7) is 0.768. The average molecular weight is 310 g/mol. The summed E-state index contributed by atoms with van der Waals surface area (Å²) in [6.07, 6.45) is 5.72. The molecule has 0 saturated heterocycles. The van der Waals surface area contributed by atoms with Crippen molar-refractivity contribution < 1.29 is 5.11 Å². The molecule has 2 aromatic rings. The third-order valence-corrected chi connectivity index (χ3v) is 4.47. The van der Waals surface area contributed by atoms with Crippen LogP contribution < -0.4 is 5.32 Å². The van der Waals surface area contributed by atoms with Crippen LogP contribution in [-0.2, 0) is 13.6 Å². The molecule has 5 heteroatoms. The minimum absolute atomic E-state index is 0.124. The predicted molar refractivity (Wildman–Crippen MR) is 88.5 cm³/mol. The predicted octanol–water partition coefficient (Wildman–Crippen LogP) is 2.35. The molecule has 0 radical (unpaired) electrons. The van der Waals surface area contributed by atoms with Gasteiger partial charge in [-0.3, -0.25) is 4.68 Å². The number of nitrogens with one attached hydrogen (secondary N) is 1. The van der Waals surface area contributed by atoms with Crippen LogP contribution in [0, 0.1) is 11.3 Å². The van der Waals surface area contributed by atoms with Gasteiger partial charge in [0.2, 0.25) is 0 Å². The quantitative estimate of drug-likeness (QED) is 0.909. The van der Waals surface area contributed by atoms with E-state index in [1.54, 1.807) is 0 Å². The number of hydrogen-bond donors (Lipinski definition) is 2. The van der Waals surface area contributed by atoms with Crippen molar-refractivity contribution in [1.29, 1.82) is 5.26 Å². The molecule has 1 saturated carbocycles. The minimum Gasteiger partial charge on any atom is -0.393 e. The van der Waals surface area contributed by atoms with Crippen LogP contribution in [0.1, 0.15) is 36.8 Å². The van der Waals surface area contributed by atoms with E-state index in [-0.39, 0.29) is 6.10 Å². The molecule has 0 atom stereocenters. The van der Waals surface area contributed by atoms with Crippen LogP contribution in [0.2, 0.25) is 0 Å². The highest BCUT2D eigenvalue weighted by Crippen LogP contribution is 2.24. The van der Waals surface area contributed by atoms with E-state index in [0.717, 1.165) is 49.0 Å². The monoisotopic (exact) mass is 310 g/mol. The van der Waals surface area contributed by atoms with Crippen LogP contribution in [-0.4, -0.2) is 27.0 Å². The number of benzene rings is 1. The lowest BCUT2D eigenvalue weighted by Gasteiger charge is -2.26. The number of hydrogen-bond acceptors (Lipinski definition) is 4. The zero-order valence-electron chi connectivity index (χ0n) is 13.4. The standard InChI is InChI=1S/C18H22N4O/c1-22-12-15(11-20-16-6-8-17(23)9-7-16)18(21-22)14-4-2-13(10-19)3-5-14/h2-5,12,16-17,20,23H,6-9,11H2,1H3. The first kappa shape index (κ1) is 15.7. The van der Waals surface area contributed by atoms with Crippen molar-refractivity contribution in [3.05, 3.63) is 41.6 Å². The zero-order chi connectivity index (χ0) is 16.2. The van der Waals surface area contributed by atoms with Crippen LogP contribution >= 0.6 is 0 Å². The second kappa shape index (κ2) is 6.95. The van der Waals surface area contributed by atoms with E-state index in [2.05, 4.69) is 16.5 Å². The maximum atomic E-state index is 9.59. The van der Waals surface area contributed by atoms with Crippen LogP contribution in [0.25, 0.3) is 11.3 Å². The highest BCUT2D eigenvalue weighted by atomic mass is 16.3. The Balaban J connectivity index is 1.71. The van der Waals surface area contributed by atoms with E-state index in [1.165, 1.54) is 0 Å². The molecule has 3 rings (SSSR count). The number of aliphatic hydroxyl groups excluding tert-OH is 1. The summed E-state index contributed by atoms with van der Waals surface area (Å²) in [5, 5.41) is 26.6. The van der Waals surface area contributed by atoms with Gasteiger partial charge in [0.1, 0.15) is 0 Å². The van der Waals surface area contributed by atoms with Crippen LogP contribution in [0.5, 0.6) is 0 Å². The number of nitriles is 1. The number of nitrogens with zero attached hydrogens (tertiary/aromatic N) is 3. The molecule has 23 heavy (non-hydrogen) atoms. The Morgan fingerprint density at radius 3 is 2.61 bits per heavy atom. The molecular weight excluding hydrogens is 288 g/mol. The van der Waals surface area contributed by atoms with E-state index in [0.29, 0.717) is 11.6 Å². The molecule has 5 nitrogen and oxygen atoms in total. The SMILES string of the molecule is Cn1cc(CNC2CCC(O)CC2)c(-c2ccc(C#N)cc2)n1. The summed E-state index contributed by atoms with van der Waals surface area (Å²) in [4.78, 5) is 0. The average Bonchev–Trinajstić information content (AvgIpc) is 2.95. The van der Waals surface area contributed by atoms with Crippen molar-refractivity contribution in [3.8, 4) is 17.3 Å². The fraction of sp³-hybridized carbons (Fsp3) is 0.444. The van der Waals surface area contributed by atoms with Crippen molar-refractivity contribution in [1.82, 2.24) is 15.1 Å². The molecule has 0 amide bonds. The first-order valence-corrected chi connectivity index (χ1v) is 8.10. The van der Waals surface area contributed by atoms with Crippen LogP contribution in [0.3, 0.4) is 0 Å². The summed E-state index contributed by atoms with van der Waals surface area (Å²) >= 11 is 0. The van der Waals surface area contributed by atoms with Gasteiger partial charge in [0.05, 0.1) is 23.4 Å². The third kappa shape index (κ3) is 3.79. The van der Waals surface area contributed by atoms with Gasteiger partial charge in [-0.25, -0.2) is 0 Å². The second-order valence-corrected chi connectivity index (χ2v) is 6.25. The lowest BCUT2D eigenvalue weighted by atomic mass is 9.93. The molecule has 0 spiro atoms. The number of aromatic nitrogens is 2. The Morgan fingerprint density at radius 2 is 1.96 bits per heavy atom. The van der Waals surface area contributed by atoms with Gasteiger partial charge in [-0.15, -0.1) is 0 Å². The van der Waals surface area contributed by atoms with Gasteiger partial charge in [0, 0.05) is 37.0 Å². The van der Waals surface area contributed by atoms with E-state index in [9.17, 15) is 5.11 Å². The highest BCUT2D eigenvalue weighted by Gasteiger charge is 2.19. The molecule has 0 aliphatic heterocycles. The summed E-state index contributed by atoms with van der Waals surface area (Å²) in [6, 6.07) is 10.1. The maximum Gasteiger partial charge on any atom is 0.0991 e. The molecule has 1 aliphatic carbocycles. The Morgan fingerprint density at radius 1 is 1.26 bits per heavy atom. The highest BCUT2D eigenvalue weighted by molar-refractivity contribution is 5.63. The smallest absolute Gasteiger partial charge is 0.0991 e. The first-order chi connectivity index (χ1) is 11.2.